The monoisotopic (exact) mass is 384 g/mol. The van der Waals surface area contributed by atoms with Crippen molar-refractivity contribution in [2.75, 3.05) is 0 Å². The third-order valence-corrected chi connectivity index (χ3v) is 4.16. The number of carbonyl (C=O) groups excluding carboxylic acids is 1. The Labute approximate surface area is 149 Å². The summed E-state index contributed by atoms with van der Waals surface area (Å²) < 4.78 is 8.54. The highest BCUT2D eigenvalue weighted by molar-refractivity contribution is 9.10. The van der Waals surface area contributed by atoms with Gasteiger partial charge < -0.3 is 9.53 Å². The van der Waals surface area contributed by atoms with E-state index in [4.69, 9.17) is 4.74 Å². The summed E-state index contributed by atoms with van der Waals surface area (Å²) in [5, 5.41) is 4.45. The molecule has 0 aliphatic carbocycles. The highest BCUT2D eigenvalue weighted by Crippen LogP contribution is 2.32. The quantitative estimate of drug-likeness (QED) is 0.580. The zero-order valence-electron chi connectivity index (χ0n) is 13.2. The van der Waals surface area contributed by atoms with Crippen LogP contribution in [0.3, 0.4) is 0 Å². The Kier molecular flexibility index (Phi) is 5.11. The smallest absolute Gasteiger partial charge is 0.241 e. The van der Waals surface area contributed by atoms with Gasteiger partial charge in [0.25, 0.3) is 0 Å². The van der Waals surface area contributed by atoms with Crippen LogP contribution in [0, 0.1) is 0 Å². The van der Waals surface area contributed by atoms with Crippen LogP contribution in [0.25, 0.3) is 11.1 Å². The van der Waals surface area contributed by atoms with E-state index in [2.05, 4.69) is 21.0 Å². The Hall–Kier alpha value is -2.40. The summed E-state index contributed by atoms with van der Waals surface area (Å²) in [5.74, 6) is 0.519. The van der Waals surface area contributed by atoms with Gasteiger partial charge in [0.15, 0.2) is 0 Å². The molecule has 0 saturated heterocycles. The Balaban J connectivity index is 1.93. The molecule has 0 amide bonds. The lowest BCUT2D eigenvalue weighted by Gasteiger charge is -2.06. The first-order valence-electron chi connectivity index (χ1n) is 7.64. The van der Waals surface area contributed by atoms with Crippen molar-refractivity contribution in [3.63, 3.8) is 0 Å². The molecule has 0 aliphatic heterocycles. The summed E-state index contributed by atoms with van der Waals surface area (Å²) in [6.07, 6.45) is 2.71. The van der Waals surface area contributed by atoms with Gasteiger partial charge >= 0.3 is 0 Å². The second-order valence-electron chi connectivity index (χ2n) is 5.49. The highest BCUT2D eigenvalue weighted by Gasteiger charge is 2.15. The number of benzene rings is 2. The predicted octanol–water partition coefficient (Wildman–Crippen LogP) is 4.65. The first kappa shape index (κ1) is 16.5. The molecule has 0 aliphatic rings. The van der Waals surface area contributed by atoms with Gasteiger partial charge in [0, 0.05) is 10.7 Å². The molecule has 1 atom stereocenters. The van der Waals surface area contributed by atoms with Crippen molar-refractivity contribution >= 4 is 22.2 Å². The van der Waals surface area contributed by atoms with Gasteiger partial charge in [0.2, 0.25) is 5.88 Å². The molecule has 1 aromatic heterocycles. The Morgan fingerprint density at radius 3 is 2.71 bits per heavy atom. The van der Waals surface area contributed by atoms with Crippen LogP contribution < -0.4 is 4.74 Å². The van der Waals surface area contributed by atoms with Gasteiger partial charge in [-0.1, -0.05) is 58.4 Å². The average Bonchev–Trinajstić information content (AvgIpc) is 3.04. The number of hydrogen-bond acceptors (Lipinski definition) is 3. The number of carbonyl (C=O) groups is 1. The number of nitrogens with zero attached hydrogens (tertiary/aromatic N) is 2. The molecule has 3 aromatic rings. The Bertz CT molecular complexity index is 830. The van der Waals surface area contributed by atoms with E-state index in [1.807, 2.05) is 60.8 Å². The molecule has 122 valence electrons. The van der Waals surface area contributed by atoms with Crippen molar-refractivity contribution in [3.8, 4) is 17.0 Å². The predicted molar refractivity (Wildman–Crippen MR) is 96.9 cm³/mol. The van der Waals surface area contributed by atoms with E-state index >= 15 is 0 Å². The topological polar surface area (TPSA) is 44.1 Å². The lowest BCUT2D eigenvalue weighted by atomic mass is 10.1. The SMILES string of the molecule is CC(C=O)n1cc(-c2cccc(Br)c2)c(OCc2ccccc2)n1. The maximum atomic E-state index is 11.1. The number of aromatic nitrogens is 2. The van der Waals surface area contributed by atoms with Crippen LogP contribution in [0.1, 0.15) is 18.5 Å². The van der Waals surface area contributed by atoms with E-state index in [-0.39, 0.29) is 6.04 Å². The van der Waals surface area contributed by atoms with Gasteiger partial charge in [-0.3, -0.25) is 4.68 Å². The van der Waals surface area contributed by atoms with E-state index in [1.165, 1.54) is 0 Å². The first-order chi connectivity index (χ1) is 11.7. The van der Waals surface area contributed by atoms with E-state index in [1.54, 1.807) is 11.6 Å². The number of hydrogen-bond donors (Lipinski definition) is 0. The molecular weight excluding hydrogens is 368 g/mol. The third kappa shape index (κ3) is 3.74. The number of rotatable bonds is 6. The molecule has 2 aromatic carbocycles. The van der Waals surface area contributed by atoms with Crippen LogP contribution in [0.2, 0.25) is 0 Å². The summed E-state index contributed by atoms with van der Waals surface area (Å²) in [6, 6.07) is 17.5. The Morgan fingerprint density at radius 2 is 2.00 bits per heavy atom. The number of ether oxygens (including phenoxy) is 1. The summed E-state index contributed by atoms with van der Waals surface area (Å²) in [7, 11) is 0. The zero-order chi connectivity index (χ0) is 16.9. The molecule has 0 radical (unpaired) electrons. The molecule has 1 heterocycles. The van der Waals surface area contributed by atoms with Gasteiger partial charge in [0.1, 0.15) is 18.9 Å². The summed E-state index contributed by atoms with van der Waals surface area (Å²) >= 11 is 3.48. The molecule has 0 bridgehead atoms. The fourth-order valence-electron chi connectivity index (χ4n) is 2.33. The van der Waals surface area contributed by atoms with E-state index in [9.17, 15) is 4.79 Å². The maximum absolute atomic E-state index is 11.1. The van der Waals surface area contributed by atoms with Gasteiger partial charge in [-0.25, -0.2) is 0 Å². The molecule has 4 nitrogen and oxygen atoms in total. The van der Waals surface area contributed by atoms with E-state index in [0.29, 0.717) is 12.5 Å². The highest BCUT2D eigenvalue weighted by atomic mass is 79.9. The molecule has 5 heteroatoms. The average molecular weight is 385 g/mol. The normalized spacial score (nSPS) is 11.9. The van der Waals surface area contributed by atoms with Gasteiger partial charge in [-0.15, -0.1) is 5.10 Å². The molecule has 24 heavy (non-hydrogen) atoms. The molecule has 0 N–H and O–H groups in total. The van der Waals surface area contributed by atoms with Crippen molar-refractivity contribution in [2.24, 2.45) is 0 Å². The minimum atomic E-state index is -0.343. The largest absolute Gasteiger partial charge is 0.471 e. The third-order valence-electron chi connectivity index (χ3n) is 3.67. The van der Waals surface area contributed by atoms with Gasteiger partial charge in [0.05, 0.1) is 5.56 Å². The first-order valence-corrected chi connectivity index (χ1v) is 8.44. The minimum absolute atomic E-state index is 0.343. The zero-order valence-corrected chi connectivity index (χ0v) is 14.8. The van der Waals surface area contributed by atoms with E-state index in [0.717, 1.165) is 27.4 Å². The van der Waals surface area contributed by atoms with Gasteiger partial charge in [-0.05, 0) is 30.2 Å². The van der Waals surface area contributed by atoms with Crippen molar-refractivity contribution in [1.82, 2.24) is 9.78 Å². The molecule has 0 spiro atoms. The van der Waals surface area contributed by atoms with Gasteiger partial charge in [-0.2, -0.15) is 0 Å². The van der Waals surface area contributed by atoms with Crippen LogP contribution in [-0.4, -0.2) is 16.1 Å². The van der Waals surface area contributed by atoms with Crippen LogP contribution in [-0.2, 0) is 11.4 Å². The van der Waals surface area contributed by atoms with Crippen molar-refractivity contribution < 1.29 is 9.53 Å². The minimum Gasteiger partial charge on any atom is -0.471 e. The second kappa shape index (κ2) is 7.45. The number of halogens is 1. The van der Waals surface area contributed by atoms with Crippen LogP contribution in [0.5, 0.6) is 5.88 Å². The summed E-state index contributed by atoms with van der Waals surface area (Å²) in [4.78, 5) is 11.1. The Morgan fingerprint density at radius 1 is 1.21 bits per heavy atom. The van der Waals surface area contributed by atoms with E-state index < -0.39 is 0 Å². The number of aldehydes is 1. The lowest BCUT2D eigenvalue weighted by Crippen LogP contribution is -2.07. The molecule has 1 unspecified atom stereocenters. The standard InChI is InChI=1S/C19H17BrN2O2/c1-14(12-23)22-11-18(16-8-5-9-17(20)10-16)19(21-22)24-13-15-6-3-2-4-7-15/h2-12,14H,13H2,1H3. The molecule has 0 saturated carbocycles. The molecule has 3 rings (SSSR count). The fourth-order valence-corrected chi connectivity index (χ4v) is 2.73. The van der Waals surface area contributed by atoms with Crippen molar-refractivity contribution in [1.29, 1.82) is 0 Å². The molecular formula is C19H17BrN2O2. The summed E-state index contributed by atoms with van der Waals surface area (Å²) in [6.45, 7) is 2.22. The molecule has 0 fully saturated rings. The fraction of sp³-hybridized carbons (Fsp3) is 0.158. The van der Waals surface area contributed by atoms with Crippen molar-refractivity contribution in [2.45, 2.75) is 19.6 Å². The maximum Gasteiger partial charge on any atom is 0.241 e. The summed E-state index contributed by atoms with van der Waals surface area (Å²) in [5.41, 5.74) is 2.91. The lowest BCUT2D eigenvalue weighted by molar-refractivity contribution is -0.110. The van der Waals surface area contributed by atoms with Crippen LogP contribution in [0.4, 0.5) is 0 Å². The van der Waals surface area contributed by atoms with Crippen LogP contribution in [0.15, 0.2) is 65.3 Å². The van der Waals surface area contributed by atoms with Crippen LogP contribution >= 0.6 is 15.9 Å². The van der Waals surface area contributed by atoms with Crippen molar-refractivity contribution in [3.05, 3.63) is 70.8 Å². The second-order valence-corrected chi connectivity index (χ2v) is 6.40.